The molecule has 3 N–H and O–H groups in total. The van der Waals surface area contributed by atoms with E-state index in [2.05, 4.69) is 26.1 Å². The van der Waals surface area contributed by atoms with Crippen molar-refractivity contribution in [1.29, 1.82) is 0 Å². The minimum atomic E-state index is -4.77. The summed E-state index contributed by atoms with van der Waals surface area (Å²) in [7, 11) is 0. The van der Waals surface area contributed by atoms with Gasteiger partial charge in [-0.3, -0.25) is 35.9 Å². The minimum absolute atomic E-state index is 0.214. The molecule has 2 aromatic carbocycles. The SMILES string of the molecule is O=C(NNc1ncnc(Nc2ccc(Cl)c(C(F)(F)F)c2)c1[N+](=O)[O-])c1ccccc1[N+](=O)[O-]. The number of nitrogens with zero attached hydrogens (tertiary/aromatic N) is 4. The molecule has 1 heterocycles. The van der Waals surface area contributed by atoms with E-state index in [1.54, 1.807) is 0 Å². The van der Waals surface area contributed by atoms with Crippen molar-refractivity contribution in [3.05, 3.63) is 85.2 Å². The lowest BCUT2D eigenvalue weighted by Gasteiger charge is -2.13. The Labute approximate surface area is 192 Å². The number of alkyl halides is 3. The van der Waals surface area contributed by atoms with Crippen LogP contribution in [0.1, 0.15) is 15.9 Å². The number of hydrazine groups is 1. The standard InChI is InChI=1S/C18H11ClF3N7O5/c19-12-6-5-9(7-11(12)18(20,21)22)25-15-14(29(33)34)16(24-8-23-15)26-27-17(30)10-3-1-2-4-13(10)28(31)32/h1-8H,(H,27,30)(H2,23,24,25,26). The van der Waals surface area contributed by atoms with Crippen LogP contribution in [0.2, 0.25) is 5.02 Å². The minimum Gasteiger partial charge on any atom is -0.334 e. The fourth-order valence-corrected chi connectivity index (χ4v) is 2.92. The van der Waals surface area contributed by atoms with Crippen LogP contribution in [0.5, 0.6) is 0 Å². The summed E-state index contributed by atoms with van der Waals surface area (Å²) < 4.78 is 39.3. The number of aromatic nitrogens is 2. The van der Waals surface area contributed by atoms with E-state index in [9.17, 15) is 38.2 Å². The number of para-hydroxylation sites is 1. The zero-order valence-electron chi connectivity index (χ0n) is 16.5. The molecule has 16 heteroatoms. The molecule has 3 rings (SSSR count). The lowest BCUT2D eigenvalue weighted by molar-refractivity contribution is -0.385. The smallest absolute Gasteiger partial charge is 0.334 e. The van der Waals surface area contributed by atoms with Crippen molar-refractivity contribution in [2.24, 2.45) is 0 Å². The van der Waals surface area contributed by atoms with Crippen LogP contribution in [0.25, 0.3) is 0 Å². The quantitative estimate of drug-likeness (QED) is 0.315. The maximum atomic E-state index is 13.1. The second-order valence-electron chi connectivity index (χ2n) is 6.35. The third-order valence-electron chi connectivity index (χ3n) is 4.18. The van der Waals surface area contributed by atoms with Crippen molar-refractivity contribution < 1.29 is 27.8 Å². The Bertz CT molecular complexity index is 1290. The summed E-state index contributed by atoms with van der Waals surface area (Å²) in [6.07, 6.45) is -3.93. The highest BCUT2D eigenvalue weighted by atomic mass is 35.5. The van der Waals surface area contributed by atoms with Gasteiger partial charge < -0.3 is 5.32 Å². The highest BCUT2D eigenvalue weighted by Crippen LogP contribution is 2.38. The number of rotatable bonds is 7. The third-order valence-corrected chi connectivity index (χ3v) is 4.51. The average molecular weight is 498 g/mol. The van der Waals surface area contributed by atoms with Crippen LogP contribution < -0.4 is 16.2 Å². The molecule has 0 bridgehead atoms. The largest absolute Gasteiger partial charge is 0.417 e. The second kappa shape index (κ2) is 9.53. The molecule has 0 spiro atoms. The maximum Gasteiger partial charge on any atom is 0.417 e. The first kappa shape index (κ1) is 24.1. The van der Waals surface area contributed by atoms with Gasteiger partial charge in [-0.15, -0.1) is 0 Å². The second-order valence-corrected chi connectivity index (χ2v) is 6.75. The molecule has 0 atom stereocenters. The molecule has 1 aromatic heterocycles. The number of nitrogens with one attached hydrogen (secondary N) is 3. The molecule has 0 aliphatic heterocycles. The van der Waals surface area contributed by atoms with E-state index in [1.165, 1.54) is 12.1 Å². The molecule has 1 amide bonds. The van der Waals surface area contributed by atoms with Crippen molar-refractivity contribution >= 4 is 46.2 Å². The Morgan fingerprint density at radius 1 is 1.00 bits per heavy atom. The van der Waals surface area contributed by atoms with E-state index in [-0.39, 0.29) is 11.3 Å². The first-order valence-electron chi connectivity index (χ1n) is 8.92. The maximum absolute atomic E-state index is 13.1. The molecular weight excluding hydrogens is 487 g/mol. The number of nitro benzene ring substituents is 1. The number of hydrogen-bond acceptors (Lipinski definition) is 9. The molecule has 0 unspecified atom stereocenters. The zero-order chi connectivity index (χ0) is 25.0. The summed E-state index contributed by atoms with van der Waals surface area (Å²) >= 11 is 5.57. The number of carbonyl (C=O) groups excluding carboxylic acids is 1. The van der Waals surface area contributed by atoms with Gasteiger partial charge in [0.15, 0.2) is 0 Å². The highest BCUT2D eigenvalue weighted by Gasteiger charge is 2.34. The number of hydrogen-bond donors (Lipinski definition) is 3. The Kier molecular flexibility index (Phi) is 6.76. The van der Waals surface area contributed by atoms with Crippen LogP contribution in [0.15, 0.2) is 48.8 Å². The molecular formula is C18H11ClF3N7O5. The Morgan fingerprint density at radius 3 is 2.32 bits per heavy atom. The predicted molar refractivity (Wildman–Crippen MR) is 113 cm³/mol. The first-order valence-corrected chi connectivity index (χ1v) is 9.29. The number of carbonyl (C=O) groups is 1. The van der Waals surface area contributed by atoms with Gasteiger partial charge >= 0.3 is 11.9 Å². The third kappa shape index (κ3) is 5.26. The number of nitro groups is 2. The predicted octanol–water partition coefficient (Wildman–Crippen LogP) is 4.47. The summed E-state index contributed by atoms with van der Waals surface area (Å²) in [5, 5.41) is 24.5. The Balaban J connectivity index is 1.89. The molecule has 176 valence electrons. The average Bonchev–Trinajstić information content (AvgIpc) is 2.77. The number of halogens is 4. The molecule has 0 radical (unpaired) electrons. The monoisotopic (exact) mass is 497 g/mol. The molecule has 0 fully saturated rings. The van der Waals surface area contributed by atoms with Crippen molar-refractivity contribution in [3.8, 4) is 0 Å². The zero-order valence-corrected chi connectivity index (χ0v) is 17.2. The van der Waals surface area contributed by atoms with Crippen LogP contribution >= 0.6 is 11.6 Å². The van der Waals surface area contributed by atoms with E-state index in [0.29, 0.717) is 6.07 Å². The highest BCUT2D eigenvalue weighted by molar-refractivity contribution is 6.31. The molecule has 0 saturated heterocycles. The Hall–Kier alpha value is -4.53. The van der Waals surface area contributed by atoms with Gasteiger partial charge in [0.05, 0.1) is 20.4 Å². The van der Waals surface area contributed by atoms with Gasteiger partial charge in [-0.1, -0.05) is 23.7 Å². The fraction of sp³-hybridized carbons (Fsp3) is 0.0556. The van der Waals surface area contributed by atoms with E-state index in [1.807, 2.05) is 0 Å². The summed E-state index contributed by atoms with van der Waals surface area (Å²) in [4.78, 5) is 40.6. The van der Waals surface area contributed by atoms with E-state index < -0.39 is 55.5 Å². The van der Waals surface area contributed by atoms with Gasteiger partial charge in [0.2, 0.25) is 11.6 Å². The van der Waals surface area contributed by atoms with Crippen molar-refractivity contribution in [2.75, 3.05) is 10.7 Å². The van der Waals surface area contributed by atoms with E-state index in [0.717, 1.165) is 30.6 Å². The van der Waals surface area contributed by atoms with Gasteiger partial charge in [0.25, 0.3) is 11.6 Å². The van der Waals surface area contributed by atoms with Gasteiger partial charge in [-0.2, -0.15) is 13.2 Å². The lowest BCUT2D eigenvalue weighted by atomic mass is 10.2. The van der Waals surface area contributed by atoms with Crippen molar-refractivity contribution in [3.63, 3.8) is 0 Å². The molecule has 0 saturated carbocycles. The van der Waals surface area contributed by atoms with E-state index in [4.69, 9.17) is 11.6 Å². The molecule has 3 aromatic rings. The van der Waals surface area contributed by atoms with Crippen LogP contribution in [0.3, 0.4) is 0 Å². The number of anilines is 3. The van der Waals surface area contributed by atoms with Crippen molar-refractivity contribution in [2.45, 2.75) is 6.18 Å². The van der Waals surface area contributed by atoms with Crippen LogP contribution in [-0.4, -0.2) is 25.7 Å². The fourth-order valence-electron chi connectivity index (χ4n) is 2.70. The topological polar surface area (TPSA) is 165 Å². The summed E-state index contributed by atoms with van der Waals surface area (Å²) in [5.41, 5.74) is 1.16. The number of amides is 1. The van der Waals surface area contributed by atoms with Crippen molar-refractivity contribution in [1.82, 2.24) is 15.4 Å². The normalized spacial score (nSPS) is 10.9. The van der Waals surface area contributed by atoms with Crippen LogP contribution in [0.4, 0.5) is 41.9 Å². The molecule has 34 heavy (non-hydrogen) atoms. The summed E-state index contributed by atoms with van der Waals surface area (Å²) in [6, 6.07) is 7.70. The summed E-state index contributed by atoms with van der Waals surface area (Å²) in [6.45, 7) is 0. The summed E-state index contributed by atoms with van der Waals surface area (Å²) in [5.74, 6) is -2.04. The van der Waals surface area contributed by atoms with Gasteiger partial charge in [0, 0.05) is 11.8 Å². The molecule has 0 aliphatic carbocycles. The van der Waals surface area contributed by atoms with Gasteiger partial charge in [-0.05, 0) is 24.3 Å². The molecule has 12 nitrogen and oxygen atoms in total. The van der Waals surface area contributed by atoms with Gasteiger partial charge in [-0.25, -0.2) is 9.97 Å². The first-order chi connectivity index (χ1) is 16.0. The lowest BCUT2D eigenvalue weighted by Crippen LogP contribution is -2.30. The van der Waals surface area contributed by atoms with Gasteiger partial charge in [0.1, 0.15) is 11.9 Å². The van der Waals surface area contributed by atoms with E-state index >= 15 is 0 Å². The van der Waals surface area contributed by atoms with Crippen LogP contribution in [0, 0.1) is 20.2 Å². The number of benzene rings is 2. The van der Waals surface area contributed by atoms with Crippen LogP contribution in [-0.2, 0) is 6.18 Å². The Morgan fingerprint density at radius 2 is 1.68 bits per heavy atom. The molecule has 0 aliphatic rings.